The fourth-order valence-corrected chi connectivity index (χ4v) is 7.29. The first kappa shape index (κ1) is 64.1. The van der Waals surface area contributed by atoms with Crippen LogP contribution in [0.3, 0.4) is 0 Å². The molecule has 0 amide bonds. The lowest BCUT2D eigenvalue weighted by atomic mass is 10.1. The van der Waals surface area contributed by atoms with Crippen LogP contribution in [0.4, 0.5) is 0 Å². The van der Waals surface area contributed by atoms with Gasteiger partial charge in [-0.3, -0.25) is 14.4 Å². The van der Waals surface area contributed by atoms with Gasteiger partial charge in [0.2, 0.25) is 0 Å². The van der Waals surface area contributed by atoms with E-state index in [1.165, 1.54) is 89.9 Å². The number of rotatable bonds is 49. The smallest absolute Gasteiger partial charge is 0.306 e. The molecule has 68 heavy (non-hydrogen) atoms. The van der Waals surface area contributed by atoms with Crippen LogP contribution in [0.5, 0.6) is 0 Å². The number of hydrogen-bond acceptors (Lipinski definition) is 6. The number of ether oxygens (including phenoxy) is 3. The molecule has 0 heterocycles. The molecule has 0 saturated carbocycles. The molecule has 0 spiro atoms. The first-order valence-corrected chi connectivity index (χ1v) is 27.9. The zero-order valence-corrected chi connectivity index (χ0v) is 44.1. The van der Waals surface area contributed by atoms with Crippen molar-refractivity contribution in [1.29, 1.82) is 0 Å². The van der Waals surface area contributed by atoms with Crippen LogP contribution >= 0.6 is 0 Å². The van der Waals surface area contributed by atoms with E-state index in [1.54, 1.807) is 0 Å². The fourth-order valence-electron chi connectivity index (χ4n) is 7.29. The quantitative estimate of drug-likeness (QED) is 0.0262. The van der Waals surface area contributed by atoms with Gasteiger partial charge in [-0.1, -0.05) is 220 Å². The zero-order valence-electron chi connectivity index (χ0n) is 44.1. The molecule has 0 aromatic rings. The Hall–Kier alpha value is -3.93. The summed E-state index contributed by atoms with van der Waals surface area (Å²) in [6, 6.07) is 0. The van der Waals surface area contributed by atoms with Gasteiger partial charge in [-0.15, -0.1) is 0 Å². The van der Waals surface area contributed by atoms with Gasteiger partial charge in [0.05, 0.1) is 0 Å². The molecule has 0 N–H and O–H groups in total. The highest BCUT2D eigenvalue weighted by Gasteiger charge is 2.19. The van der Waals surface area contributed by atoms with Crippen molar-refractivity contribution in [1.82, 2.24) is 0 Å². The van der Waals surface area contributed by atoms with Crippen LogP contribution in [0.25, 0.3) is 0 Å². The Morgan fingerprint density at radius 2 is 0.603 bits per heavy atom. The lowest BCUT2D eigenvalue weighted by Crippen LogP contribution is -2.30. The van der Waals surface area contributed by atoms with E-state index < -0.39 is 6.10 Å². The Bertz CT molecular complexity index is 1410. The maximum atomic E-state index is 12.8. The molecular formula is C62H102O6. The maximum absolute atomic E-state index is 12.8. The lowest BCUT2D eigenvalue weighted by Gasteiger charge is -2.18. The number of allylic oxidation sites excluding steroid dienone is 18. The van der Waals surface area contributed by atoms with Gasteiger partial charge in [-0.2, -0.15) is 0 Å². The van der Waals surface area contributed by atoms with Crippen LogP contribution in [0.15, 0.2) is 109 Å². The summed E-state index contributed by atoms with van der Waals surface area (Å²) in [6.45, 7) is 6.39. The number of carbonyl (C=O) groups is 3. The summed E-state index contributed by atoms with van der Waals surface area (Å²) < 4.78 is 16.8. The minimum absolute atomic E-state index is 0.109. The molecule has 0 aliphatic heterocycles. The molecule has 0 saturated heterocycles. The van der Waals surface area contributed by atoms with E-state index >= 15 is 0 Å². The monoisotopic (exact) mass is 943 g/mol. The molecule has 6 heteroatoms. The van der Waals surface area contributed by atoms with E-state index in [2.05, 4.69) is 130 Å². The summed E-state index contributed by atoms with van der Waals surface area (Å²) in [5.41, 5.74) is 0. The third-order valence-corrected chi connectivity index (χ3v) is 11.5. The van der Waals surface area contributed by atoms with E-state index in [-0.39, 0.29) is 37.5 Å². The minimum atomic E-state index is -0.817. The second kappa shape index (κ2) is 55.7. The highest BCUT2D eigenvalue weighted by molar-refractivity contribution is 5.71. The van der Waals surface area contributed by atoms with Gasteiger partial charge >= 0.3 is 17.9 Å². The SMILES string of the molecule is CC/C=C\C/C=C\C/C=C\C/C=C\C/C=C\CCCC(=O)O[C@H](COC(=O)CCCCCCC/C=C\C/C=C\CCCC)COC(=O)CCCCCCCCCCC/C=C\C/C=C\CCCCC. The fraction of sp³-hybridized carbons (Fsp3) is 0.661. The predicted octanol–water partition coefficient (Wildman–Crippen LogP) is 18.7. The minimum Gasteiger partial charge on any atom is -0.462 e. The van der Waals surface area contributed by atoms with Crippen molar-refractivity contribution in [3.63, 3.8) is 0 Å². The largest absolute Gasteiger partial charge is 0.462 e. The van der Waals surface area contributed by atoms with Crippen LogP contribution in [0.2, 0.25) is 0 Å². The Morgan fingerprint density at radius 3 is 0.985 bits per heavy atom. The molecule has 0 rings (SSSR count). The molecule has 0 bridgehead atoms. The third-order valence-electron chi connectivity index (χ3n) is 11.5. The van der Waals surface area contributed by atoms with Crippen LogP contribution in [-0.2, 0) is 28.6 Å². The number of esters is 3. The molecule has 6 nitrogen and oxygen atoms in total. The van der Waals surface area contributed by atoms with Crippen molar-refractivity contribution >= 4 is 17.9 Å². The van der Waals surface area contributed by atoms with E-state index in [0.29, 0.717) is 19.3 Å². The van der Waals surface area contributed by atoms with Gasteiger partial charge in [0.1, 0.15) is 13.2 Å². The second-order valence-electron chi connectivity index (χ2n) is 18.1. The van der Waals surface area contributed by atoms with Crippen molar-refractivity contribution in [2.24, 2.45) is 0 Å². The topological polar surface area (TPSA) is 78.9 Å². The Kier molecular flexibility index (Phi) is 52.4. The normalized spacial score (nSPS) is 12.9. The molecule has 0 fully saturated rings. The summed E-state index contributed by atoms with van der Waals surface area (Å²) in [4.78, 5) is 38.1. The van der Waals surface area contributed by atoms with E-state index in [0.717, 1.165) is 109 Å². The van der Waals surface area contributed by atoms with E-state index in [9.17, 15) is 14.4 Å². The first-order chi connectivity index (χ1) is 33.5. The van der Waals surface area contributed by atoms with Crippen molar-refractivity contribution in [2.75, 3.05) is 13.2 Å². The number of unbranched alkanes of at least 4 members (excludes halogenated alkanes) is 20. The highest BCUT2D eigenvalue weighted by atomic mass is 16.6. The zero-order chi connectivity index (χ0) is 49.3. The highest BCUT2D eigenvalue weighted by Crippen LogP contribution is 2.14. The van der Waals surface area contributed by atoms with Crippen LogP contribution in [-0.4, -0.2) is 37.2 Å². The van der Waals surface area contributed by atoms with Gasteiger partial charge in [0.15, 0.2) is 6.10 Å². The summed E-state index contributed by atoms with van der Waals surface area (Å²) in [6.07, 6.45) is 75.0. The van der Waals surface area contributed by atoms with Gasteiger partial charge in [-0.25, -0.2) is 0 Å². The van der Waals surface area contributed by atoms with Crippen molar-refractivity contribution in [3.8, 4) is 0 Å². The third kappa shape index (κ3) is 53.0. The van der Waals surface area contributed by atoms with Gasteiger partial charge in [-0.05, 0) is 116 Å². The molecular weight excluding hydrogens is 841 g/mol. The molecule has 1 atom stereocenters. The summed E-state index contributed by atoms with van der Waals surface area (Å²) in [5, 5.41) is 0. The standard InChI is InChI=1S/C62H102O6/c1-4-7-10-13-16-19-22-25-28-30-31-33-34-37-40-43-46-49-52-55-61(64)67-58-59(57-66-60(63)54-51-48-45-42-39-36-27-24-21-18-15-12-9-6-3)68-62(65)56-53-50-47-44-41-38-35-32-29-26-23-20-17-14-11-8-5-2/h8,11,15-20,24-29,35,38,44,47,59H,4-7,9-10,12-14,21-23,30-34,36-37,39-43,45-46,48-58H2,1-3H3/b11-8-,18-15-,19-16-,20-17-,27-24-,28-25-,29-26-,38-35-,47-44-/t59-/m1/s1. The Morgan fingerprint density at radius 1 is 0.309 bits per heavy atom. The maximum Gasteiger partial charge on any atom is 0.306 e. The van der Waals surface area contributed by atoms with Crippen molar-refractivity contribution in [2.45, 2.75) is 252 Å². The molecule has 386 valence electrons. The second-order valence-corrected chi connectivity index (χ2v) is 18.1. The molecule has 0 aliphatic rings. The lowest BCUT2D eigenvalue weighted by molar-refractivity contribution is -0.167. The molecule has 0 aromatic carbocycles. The van der Waals surface area contributed by atoms with Crippen LogP contribution in [0, 0.1) is 0 Å². The van der Waals surface area contributed by atoms with Crippen LogP contribution < -0.4 is 0 Å². The van der Waals surface area contributed by atoms with Crippen molar-refractivity contribution in [3.05, 3.63) is 109 Å². The summed E-state index contributed by atoms with van der Waals surface area (Å²) >= 11 is 0. The summed E-state index contributed by atoms with van der Waals surface area (Å²) in [5.74, 6) is -0.988. The summed E-state index contributed by atoms with van der Waals surface area (Å²) in [7, 11) is 0. The number of hydrogen-bond donors (Lipinski definition) is 0. The van der Waals surface area contributed by atoms with E-state index in [1.807, 2.05) is 0 Å². The van der Waals surface area contributed by atoms with Crippen molar-refractivity contribution < 1.29 is 28.6 Å². The predicted molar refractivity (Wildman–Crippen MR) is 293 cm³/mol. The molecule has 0 radical (unpaired) electrons. The first-order valence-electron chi connectivity index (χ1n) is 27.9. The Labute approximate surface area is 419 Å². The van der Waals surface area contributed by atoms with Gasteiger partial charge < -0.3 is 14.2 Å². The molecule has 0 aliphatic carbocycles. The Balaban J connectivity index is 4.49. The van der Waals surface area contributed by atoms with Gasteiger partial charge in [0, 0.05) is 19.3 Å². The molecule has 0 aromatic heterocycles. The van der Waals surface area contributed by atoms with Crippen LogP contribution in [0.1, 0.15) is 245 Å². The van der Waals surface area contributed by atoms with E-state index in [4.69, 9.17) is 14.2 Å². The average Bonchev–Trinajstić information content (AvgIpc) is 3.34. The van der Waals surface area contributed by atoms with Gasteiger partial charge in [0.25, 0.3) is 0 Å². The number of carbonyl (C=O) groups excluding carboxylic acids is 3. The molecule has 0 unspecified atom stereocenters. The average molecular weight is 943 g/mol.